The van der Waals surface area contributed by atoms with E-state index in [0.29, 0.717) is 17.7 Å². The summed E-state index contributed by atoms with van der Waals surface area (Å²) in [4.78, 5) is 11.3. The van der Waals surface area contributed by atoms with Crippen LogP contribution in [-0.4, -0.2) is 29.7 Å². The van der Waals surface area contributed by atoms with Gasteiger partial charge in [-0.15, -0.1) is 13.2 Å². The third-order valence-corrected chi connectivity index (χ3v) is 4.02. The Morgan fingerprint density at radius 1 is 1.36 bits per heavy atom. The van der Waals surface area contributed by atoms with Crippen molar-refractivity contribution in [1.29, 1.82) is 0 Å². The fourth-order valence-electron chi connectivity index (χ4n) is 1.95. The van der Waals surface area contributed by atoms with Gasteiger partial charge in [0.2, 0.25) is 0 Å². The van der Waals surface area contributed by atoms with Crippen molar-refractivity contribution in [2.45, 2.75) is 25.0 Å². The van der Waals surface area contributed by atoms with Crippen LogP contribution < -0.4 is 14.9 Å². The normalized spacial score (nSPS) is 18.5. The van der Waals surface area contributed by atoms with Crippen LogP contribution in [0.5, 0.6) is 11.5 Å². The standard InChI is InChI=1S/C13H13F3N2O3S/c1-3-10-11(17-18-12(19)22-10)7-4-5-8(9(6-7)20-2)21-13(14,15)16/h4-6,10H,3H2,1-2H3,(H,18,19). The fraction of sp³-hybridized carbons (Fsp3) is 0.385. The number of hydrogen-bond acceptors (Lipinski definition) is 5. The van der Waals surface area contributed by atoms with Crippen molar-refractivity contribution in [3.05, 3.63) is 23.8 Å². The van der Waals surface area contributed by atoms with E-state index in [0.717, 1.165) is 17.8 Å². The molecule has 120 valence electrons. The molecule has 0 spiro atoms. The zero-order valence-corrected chi connectivity index (χ0v) is 12.5. The second-order valence-electron chi connectivity index (χ2n) is 4.32. The number of nitrogens with zero attached hydrogens (tertiary/aromatic N) is 1. The van der Waals surface area contributed by atoms with Gasteiger partial charge in [-0.05, 0) is 24.6 Å². The Labute approximate surface area is 128 Å². The molecule has 0 bridgehead atoms. The molecular weight excluding hydrogens is 321 g/mol. The molecular formula is C13H13F3N2O3S. The average molecular weight is 334 g/mol. The topological polar surface area (TPSA) is 59.9 Å². The molecule has 1 aromatic carbocycles. The lowest BCUT2D eigenvalue weighted by Crippen LogP contribution is -2.31. The Balaban J connectivity index is 2.35. The van der Waals surface area contributed by atoms with Crippen LogP contribution in [0.25, 0.3) is 0 Å². The molecule has 1 N–H and O–H groups in total. The molecule has 1 aliphatic heterocycles. The minimum Gasteiger partial charge on any atom is -0.493 e. The van der Waals surface area contributed by atoms with Crippen LogP contribution in [0.15, 0.2) is 23.3 Å². The number of carbonyl (C=O) groups is 1. The number of nitrogens with one attached hydrogen (secondary N) is 1. The van der Waals surface area contributed by atoms with Crippen molar-refractivity contribution >= 4 is 22.7 Å². The van der Waals surface area contributed by atoms with Gasteiger partial charge in [0.05, 0.1) is 18.1 Å². The molecule has 1 aliphatic rings. The highest BCUT2D eigenvalue weighted by Crippen LogP contribution is 2.34. The number of thioether (sulfide) groups is 1. The van der Waals surface area contributed by atoms with Gasteiger partial charge in [0.15, 0.2) is 11.5 Å². The van der Waals surface area contributed by atoms with Gasteiger partial charge < -0.3 is 9.47 Å². The molecule has 1 amide bonds. The van der Waals surface area contributed by atoms with E-state index < -0.39 is 12.1 Å². The summed E-state index contributed by atoms with van der Waals surface area (Å²) >= 11 is 1.08. The van der Waals surface area contributed by atoms with Crippen LogP contribution in [-0.2, 0) is 0 Å². The first-order valence-electron chi connectivity index (χ1n) is 6.32. The number of alkyl halides is 3. The average Bonchev–Trinajstić information content (AvgIpc) is 2.46. The molecule has 1 atom stereocenters. The van der Waals surface area contributed by atoms with Crippen LogP contribution in [0.1, 0.15) is 18.9 Å². The molecule has 0 saturated heterocycles. The summed E-state index contributed by atoms with van der Waals surface area (Å²) in [7, 11) is 1.25. The van der Waals surface area contributed by atoms with Crippen molar-refractivity contribution in [3.63, 3.8) is 0 Å². The lowest BCUT2D eigenvalue weighted by molar-refractivity contribution is -0.275. The van der Waals surface area contributed by atoms with Gasteiger partial charge >= 0.3 is 6.36 Å². The van der Waals surface area contributed by atoms with Crippen molar-refractivity contribution in [2.24, 2.45) is 5.10 Å². The lowest BCUT2D eigenvalue weighted by Gasteiger charge is -2.21. The molecule has 5 nitrogen and oxygen atoms in total. The van der Waals surface area contributed by atoms with Gasteiger partial charge in [-0.1, -0.05) is 18.7 Å². The minimum absolute atomic E-state index is 0.0609. The Kier molecular flexibility index (Phi) is 4.84. The zero-order valence-electron chi connectivity index (χ0n) is 11.7. The second kappa shape index (κ2) is 6.47. The Bertz CT molecular complexity index is 605. The van der Waals surface area contributed by atoms with E-state index in [-0.39, 0.29) is 16.2 Å². The van der Waals surface area contributed by atoms with Gasteiger partial charge in [-0.3, -0.25) is 4.79 Å². The molecule has 1 heterocycles. The molecule has 0 fully saturated rings. The molecule has 22 heavy (non-hydrogen) atoms. The first kappa shape index (κ1) is 16.5. The van der Waals surface area contributed by atoms with E-state index >= 15 is 0 Å². The number of hydrazone groups is 1. The summed E-state index contributed by atoms with van der Waals surface area (Å²) < 4.78 is 45.8. The van der Waals surface area contributed by atoms with E-state index in [9.17, 15) is 18.0 Å². The highest BCUT2D eigenvalue weighted by Gasteiger charge is 2.33. The maximum absolute atomic E-state index is 12.3. The van der Waals surface area contributed by atoms with Gasteiger partial charge in [-0.2, -0.15) is 5.10 Å². The first-order valence-corrected chi connectivity index (χ1v) is 7.20. The van der Waals surface area contributed by atoms with Crippen molar-refractivity contribution in [2.75, 3.05) is 7.11 Å². The van der Waals surface area contributed by atoms with E-state index in [1.807, 2.05) is 6.92 Å². The molecule has 0 aromatic heterocycles. The summed E-state index contributed by atoms with van der Waals surface area (Å²) in [5, 5.41) is 3.55. The number of hydrogen-bond donors (Lipinski definition) is 1. The number of ether oxygens (including phenoxy) is 2. The van der Waals surface area contributed by atoms with Gasteiger partial charge in [0, 0.05) is 5.56 Å². The highest BCUT2D eigenvalue weighted by atomic mass is 32.2. The van der Waals surface area contributed by atoms with E-state index in [1.165, 1.54) is 19.2 Å². The van der Waals surface area contributed by atoms with Gasteiger partial charge in [0.1, 0.15) is 0 Å². The predicted molar refractivity (Wildman–Crippen MR) is 76.4 cm³/mol. The second-order valence-corrected chi connectivity index (χ2v) is 5.50. The Hall–Kier alpha value is -1.90. The number of methoxy groups -OCH3 is 1. The highest BCUT2D eigenvalue weighted by molar-refractivity contribution is 8.14. The number of halogens is 3. The van der Waals surface area contributed by atoms with E-state index in [1.54, 1.807) is 0 Å². The monoisotopic (exact) mass is 334 g/mol. The maximum Gasteiger partial charge on any atom is 0.573 e. The lowest BCUT2D eigenvalue weighted by atomic mass is 10.0. The number of rotatable bonds is 4. The van der Waals surface area contributed by atoms with Gasteiger partial charge in [-0.25, -0.2) is 5.43 Å². The summed E-state index contributed by atoms with van der Waals surface area (Å²) in [6.45, 7) is 1.89. The third-order valence-electron chi connectivity index (χ3n) is 2.88. The quantitative estimate of drug-likeness (QED) is 0.915. The number of carbonyl (C=O) groups excluding carboxylic acids is 1. The van der Waals surface area contributed by atoms with E-state index in [2.05, 4.69) is 15.3 Å². The summed E-state index contributed by atoms with van der Waals surface area (Å²) in [5.41, 5.74) is 3.48. The van der Waals surface area contributed by atoms with E-state index in [4.69, 9.17) is 4.74 Å². The summed E-state index contributed by atoms with van der Waals surface area (Å²) in [6, 6.07) is 4.02. The molecule has 0 radical (unpaired) electrons. The SMILES string of the molecule is CCC1SC(=O)NN=C1c1ccc(OC(F)(F)F)c(OC)c1. The number of amides is 1. The van der Waals surface area contributed by atoms with Crippen LogP contribution in [0.4, 0.5) is 18.0 Å². The third kappa shape index (κ3) is 3.85. The predicted octanol–water partition coefficient (Wildman–Crippen LogP) is 3.53. The minimum atomic E-state index is -4.80. The molecule has 2 rings (SSSR count). The molecule has 1 aromatic rings. The van der Waals surface area contributed by atoms with Gasteiger partial charge in [0.25, 0.3) is 5.24 Å². The molecule has 0 aliphatic carbocycles. The smallest absolute Gasteiger partial charge is 0.493 e. The van der Waals surface area contributed by atoms with Crippen molar-refractivity contribution in [3.8, 4) is 11.5 Å². The number of benzene rings is 1. The molecule has 0 saturated carbocycles. The maximum atomic E-state index is 12.3. The molecule has 1 unspecified atom stereocenters. The van der Waals surface area contributed by atoms with Crippen molar-refractivity contribution in [1.82, 2.24) is 5.43 Å². The fourth-order valence-corrected chi connectivity index (χ4v) is 2.78. The van der Waals surface area contributed by atoms with Crippen LogP contribution in [0, 0.1) is 0 Å². The van der Waals surface area contributed by atoms with Crippen LogP contribution in [0.3, 0.4) is 0 Å². The Morgan fingerprint density at radius 3 is 2.68 bits per heavy atom. The van der Waals surface area contributed by atoms with Crippen LogP contribution >= 0.6 is 11.8 Å². The Morgan fingerprint density at radius 2 is 2.09 bits per heavy atom. The zero-order chi connectivity index (χ0) is 16.3. The first-order chi connectivity index (χ1) is 10.3. The van der Waals surface area contributed by atoms with Crippen LogP contribution in [0.2, 0.25) is 0 Å². The molecule has 9 heteroatoms. The van der Waals surface area contributed by atoms with Crippen molar-refractivity contribution < 1.29 is 27.4 Å². The summed E-state index contributed by atoms with van der Waals surface area (Å²) in [5.74, 6) is -0.492. The summed E-state index contributed by atoms with van der Waals surface area (Å²) in [6.07, 6.45) is -4.15. The largest absolute Gasteiger partial charge is 0.573 e.